The minimum atomic E-state index is -2.09. The maximum absolute atomic E-state index is 11.8. The van der Waals surface area contributed by atoms with Crippen molar-refractivity contribution < 1.29 is 28.2 Å². The van der Waals surface area contributed by atoms with Gasteiger partial charge in [-0.25, -0.2) is 4.79 Å². The van der Waals surface area contributed by atoms with Crippen LogP contribution < -0.4 is 0 Å². The van der Waals surface area contributed by atoms with Gasteiger partial charge in [0.2, 0.25) is 0 Å². The number of carbonyl (C=O) groups excluding carboxylic acids is 1. The van der Waals surface area contributed by atoms with E-state index in [1.807, 2.05) is 31.2 Å². The van der Waals surface area contributed by atoms with Gasteiger partial charge in [-0.05, 0) is 69.3 Å². The normalized spacial score (nSPS) is 30.2. The molecule has 0 aromatic heterocycles. The molecule has 0 N–H and O–H groups in total. The number of esters is 1. The Labute approximate surface area is 237 Å². The van der Waals surface area contributed by atoms with E-state index in [4.69, 9.17) is 23.4 Å². The first-order valence-corrected chi connectivity index (χ1v) is 17.5. The Morgan fingerprint density at radius 1 is 1.15 bits per heavy atom. The number of ether oxygens (including phenoxy) is 4. The Bertz CT molecular complexity index is 986. The summed E-state index contributed by atoms with van der Waals surface area (Å²) in [4.78, 5) is 11.8. The molecule has 2 aliphatic rings. The number of hydrogen-bond acceptors (Lipinski definition) is 6. The van der Waals surface area contributed by atoms with E-state index >= 15 is 0 Å². The van der Waals surface area contributed by atoms with Gasteiger partial charge in [0, 0.05) is 12.5 Å². The van der Waals surface area contributed by atoms with Gasteiger partial charge in [0.05, 0.1) is 43.2 Å². The molecule has 1 aromatic carbocycles. The molecule has 2 heterocycles. The second-order valence-electron chi connectivity index (χ2n) is 13.6. The smallest absolute Gasteiger partial charge is 0.330 e. The summed E-state index contributed by atoms with van der Waals surface area (Å²) in [6.07, 6.45) is 5.70. The molecular weight excluding hydrogens is 508 g/mol. The molecule has 2 saturated heterocycles. The van der Waals surface area contributed by atoms with Crippen molar-refractivity contribution in [3.63, 3.8) is 0 Å². The van der Waals surface area contributed by atoms with Gasteiger partial charge in [0.25, 0.3) is 0 Å². The van der Waals surface area contributed by atoms with E-state index in [1.165, 1.54) is 6.08 Å². The highest BCUT2D eigenvalue weighted by atomic mass is 28.4. The lowest BCUT2D eigenvalue weighted by atomic mass is 9.81. The lowest BCUT2D eigenvalue weighted by Gasteiger charge is -2.45. The van der Waals surface area contributed by atoms with Gasteiger partial charge in [-0.2, -0.15) is 0 Å². The highest BCUT2D eigenvalue weighted by molar-refractivity contribution is 6.74. The Balaban J connectivity index is 1.76. The molecule has 220 valence electrons. The zero-order valence-electron chi connectivity index (χ0n) is 26.0. The fraction of sp³-hybridized carbons (Fsp3) is 0.719. The minimum Gasteiger partial charge on any atom is -0.463 e. The van der Waals surface area contributed by atoms with Crippen LogP contribution in [0.15, 0.2) is 42.5 Å². The van der Waals surface area contributed by atoms with Crippen LogP contribution in [0.2, 0.25) is 18.1 Å². The second kappa shape index (κ2) is 12.2. The molecule has 1 aromatic rings. The largest absolute Gasteiger partial charge is 0.463 e. The third-order valence-corrected chi connectivity index (χ3v) is 13.7. The van der Waals surface area contributed by atoms with Crippen molar-refractivity contribution in [2.45, 2.75) is 128 Å². The van der Waals surface area contributed by atoms with E-state index in [-0.39, 0.29) is 28.8 Å². The fourth-order valence-electron chi connectivity index (χ4n) is 5.17. The molecular formula is C32H52O6Si. The highest BCUT2D eigenvalue weighted by Crippen LogP contribution is 2.53. The molecule has 0 saturated carbocycles. The molecule has 2 aliphatic heterocycles. The van der Waals surface area contributed by atoms with Crippen LogP contribution in [0.25, 0.3) is 0 Å². The van der Waals surface area contributed by atoms with Crippen LogP contribution in [0.5, 0.6) is 0 Å². The summed E-state index contributed by atoms with van der Waals surface area (Å²) in [5.41, 5.74) is -0.155. The zero-order valence-corrected chi connectivity index (χ0v) is 27.0. The van der Waals surface area contributed by atoms with Gasteiger partial charge in [0.1, 0.15) is 5.60 Å². The topological polar surface area (TPSA) is 66.5 Å². The van der Waals surface area contributed by atoms with Crippen LogP contribution >= 0.6 is 0 Å². The fourth-order valence-corrected chi connectivity index (χ4v) is 6.55. The SMILES string of the molecule is CCOC(=O)/C=C/[C@@]1(C)O[C@@H]1C[C@]1(C(C)C)CC[C@](C)([C@H](COCc2ccccc2)O[Si](C)(C)C(C)(C)C)O1. The molecule has 6 nitrogen and oxygen atoms in total. The first-order valence-electron chi connectivity index (χ1n) is 14.6. The van der Waals surface area contributed by atoms with Gasteiger partial charge in [-0.15, -0.1) is 0 Å². The number of hydrogen-bond donors (Lipinski definition) is 0. The molecule has 0 unspecified atom stereocenters. The number of benzene rings is 1. The van der Waals surface area contributed by atoms with Gasteiger partial charge >= 0.3 is 5.97 Å². The summed E-state index contributed by atoms with van der Waals surface area (Å²) in [5.74, 6) is -0.0436. The van der Waals surface area contributed by atoms with Crippen LogP contribution in [0.4, 0.5) is 0 Å². The summed E-state index contributed by atoms with van der Waals surface area (Å²) in [6, 6.07) is 10.3. The molecule has 0 bridgehead atoms. The van der Waals surface area contributed by atoms with Gasteiger partial charge < -0.3 is 23.4 Å². The monoisotopic (exact) mass is 560 g/mol. The maximum Gasteiger partial charge on any atom is 0.330 e. The Morgan fingerprint density at radius 3 is 2.41 bits per heavy atom. The Morgan fingerprint density at radius 2 is 1.82 bits per heavy atom. The van der Waals surface area contributed by atoms with E-state index in [0.29, 0.717) is 25.7 Å². The van der Waals surface area contributed by atoms with Crippen molar-refractivity contribution >= 4 is 14.3 Å². The lowest BCUT2D eigenvalue weighted by Crippen LogP contribution is -2.54. The Hall–Kier alpha value is -1.51. The van der Waals surface area contributed by atoms with Crippen LogP contribution in [0.1, 0.15) is 80.2 Å². The summed E-state index contributed by atoms with van der Waals surface area (Å²) in [5, 5.41) is 0.0731. The zero-order chi connectivity index (χ0) is 29.1. The maximum atomic E-state index is 11.8. The lowest BCUT2D eigenvalue weighted by molar-refractivity contribution is -0.175. The molecule has 39 heavy (non-hydrogen) atoms. The van der Waals surface area contributed by atoms with Gasteiger partial charge in [0.15, 0.2) is 8.32 Å². The van der Waals surface area contributed by atoms with E-state index in [1.54, 1.807) is 6.92 Å². The van der Waals surface area contributed by atoms with Crippen LogP contribution in [0.3, 0.4) is 0 Å². The first-order chi connectivity index (χ1) is 18.1. The van der Waals surface area contributed by atoms with E-state index in [2.05, 4.69) is 66.8 Å². The van der Waals surface area contributed by atoms with E-state index in [9.17, 15) is 4.79 Å². The summed E-state index contributed by atoms with van der Waals surface area (Å²) < 4.78 is 31.6. The standard InChI is InChI=1S/C32H52O6Si/c1-11-35-28(33)17-18-30(7)26(36-30)21-32(24(2)3)20-19-31(8,38-32)27(37-39(9,10)29(4,5)6)23-34-22-25-15-13-12-14-16-25/h12-18,24,26-27H,11,19-23H2,1-10H3/b18-17+/t26-,27+,30-,31-,32+/m1/s1. The van der Waals surface area contributed by atoms with Crippen LogP contribution in [-0.4, -0.2) is 56.5 Å². The summed E-state index contributed by atoms with van der Waals surface area (Å²) in [7, 11) is -2.09. The van der Waals surface area contributed by atoms with Crippen LogP contribution in [-0.2, 0) is 34.8 Å². The quantitative estimate of drug-likeness (QED) is 0.110. The average molecular weight is 561 g/mol. The molecule has 0 spiro atoms. The molecule has 2 fully saturated rings. The molecule has 0 radical (unpaired) electrons. The average Bonchev–Trinajstić information content (AvgIpc) is 3.33. The second-order valence-corrected chi connectivity index (χ2v) is 18.3. The van der Waals surface area contributed by atoms with Crippen LogP contribution in [0, 0.1) is 5.92 Å². The molecule has 7 heteroatoms. The van der Waals surface area contributed by atoms with Gasteiger partial charge in [-0.3, -0.25) is 0 Å². The summed E-state index contributed by atoms with van der Waals surface area (Å²) in [6.45, 7) is 23.3. The molecule has 0 aliphatic carbocycles. The first kappa shape index (κ1) is 32.0. The molecule has 3 rings (SSSR count). The number of epoxide rings is 1. The number of carbonyl (C=O) groups is 1. The molecule has 0 amide bonds. The summed E-state index contributed by atoms with van der Waals surface area (Å²) >= 11 is 0. The van der Waals surface area contributed by atoms with Crippen molar-refractivity contribution in [2.24, 2.45) is 5.92 Å². The number of rotatable bonds is 13. The van der Waals surface area contributed by atoms with E-state index in [0.717, 1.165) is 24.8 Å². The van der Waals surface area contributed by atoms with Crippen molar-refractivity contribution in [3.8, 4) is 0 Å². The predicted molar refractivity (Wildman–Crippen MR) is 158 cm³/mol. The van der Waals surface area contributed by atoms with Crippen molar-refractivity contribution in [1.29, 1.82) is 0 Å². The third-order valence-electron chi connectivity index (χ3n) is 9.18. The molecule has 5 atom stereocenters. The third kappa shape index (κ3) is 7.82. The van der Waals surface area contributed by atoms with Crippen molar-refractivity contribution in [2.75, 3.05) is 13.2 Å². The van der Waals surface area contributed by atoms with E-state index < -0.39 is 19.5 Å². The Kier molecular flexibility index (Phi) is 9.97. The van der Waals surface area contributed by atoms with Crippen molar-refractivity contribution in [1.82, 2.24) is 0 Å². The van der Waals surface area contributed by atoms with Crippen molar-refractivity contribution in [3.05, 3.63) is 48.0 Å². The van der Waals surface area contributed by atoms with Gasteiger partial charge in [-0.1, -0.05) is 65.0 Å². The predicted octanol–water partition coefficient (Wildman–Crippen LogP) is 7.22. The highest BCUT2D eigenvalue weighted by Gasteiger charge is 2.60. The minimum absolute atomic E-state index is 0.0120.